The minimum Gasteiger partial charge on any atom is -0.506 e. The van der Waals surface area contributed by atoms with Crippen molar-refractivity contribution in [2.45, 2.75) is 6.36 Å². The Morgan fingerprint density at radius 3 is 2.32 bits per heavy atom. The zero-order valence-electron chi connectivity index (χ0n) is 19.3. The van der Waals surface area contributed by atoms with Gasteiger partial charge in [0.25, 0.3) is 5.91 Å². The standard InChI is InChI=1S/C27H18ClF3N2O5/c28-22-13-17(7-11-23(22)34)26(36)33-32-14-18-8-12-25(21-4-2-1-3-20(18)21)37-15-24(35)16-5-9-19(10-6-16)38-27(29,30)31/h1-14,34H,15H2,(H,33,36)/b32-14+. The zero-order valence-corrected chi connectivity index (χ0v) is 20.1. The summed E-state index contributed by atoms with van der Waals surface area (Å²) in [6.07, 6.45) is -3.37. The van der Waals surface area contributed by atoms with Crippen molar-refractivity contribution in [3.05, 3.63) is 101 Å². The highest BCUT2D eigenvalue weighted by molar-refractivity contribution is 6.32. The number of amides is 1. The molecule has 0 spiro atoms. The molecule has 0 bridgehead atoms. The average Bonchev–Trinajstić information content (AvgIpc) is 2.89. The molecule has 0 aliphatic carbocycles. The summed E-state index contributed by atoms with van der Waals surface area (Å²) in [6.45, 7) is -0.345. The van der Waals surface area contributed by atoms with Gasteiger partial charge in [-0.3, -0.25) is 9.59 Å². The van der Waals surface area contributed by atoms with Crippen LogP contribution in [-0.2, 0) is 0 Å². The van der Waals surface area contributed by atoms with Gasteiger partial charge in [-0.1, -0.05) is 35.9 Å². The molecule has 0 atom stereocenters. The number of carbonyl (C=O) groups excluding carboxylic acids is 2. The molecule has 0 radical (unpaired) electrons. The number of Topliss-reactive ketones (excluding diaryl/α,β-unsaturated/α-hetero) is 1. The first-order chi connectivity index (χ1) is 18.1. The van der Waals surface area contributed by atoms with E-state index in [1.165, 1.54) is 36.5 Å². The number of nitrogens with zero attached hydrogens (tertiary/aromatic N) is 1. The van der Waals surface area contributed by atoms with E-state index in [2.05, 4.69) is 15.3 Å². The van der Waals surface area contributed by atoms with Crippen molar-refractivity contribution < 1.29 is 37.3 Å². The lowest BCUT2D eigenvalue weighted by atomic mass is 10.0. The van der Waals surface area contributed by atoms with E-state index in [4.69, 9.17) is 16.3 Å². The van der Waals surface area contributed by atoms with Gasteiger partial charge in [-0.15, -0.1) is 13.2 Å². The lowest BCUT2D eigenvalue weighted by Gasteiger charge is -2.11. The van der Waals surface area contributed by atoms with Crippen molar-refractivity contribution in [1.29, 1.82) is 0 Å². The molecule has 0 unspecified atom stereocenters. The molecule has 0 saturated heterocycles. The number of hydrogen-bond acceptors (Lipinski definition) is 6. The van der Waals surface area contributed by atoms with Crippen LogP contribution in [-0.4, -0.2) is 36.0 Å². The average molecular weight is 543 g/mol. The SMILES string of the molecule is O=C(COc1ccc(/C=N/NC(=O)c2ccc(O)c(Cl)c2)c2ccccc12)c1ccc(OC(F)(F)F)cc1. The maximum absolute atomic E-state index is 12.5. The highest BCUT2D eigenvalue weighted by atomic mass is 35.5. The number of rotatable bonds is 8. The van der Waals surface area contributed by atoms with Crippen LogP contribution >= 0.6 is 11.6 Å². The summed E-state index contributed by atoms with van der Waals surface area (Å²) in [5.41, 5.74) is 3.43. The third kappa shape index (κ3) is 6.60. The summed E-state index contributed by atoms with van der Waals surface area (Å²) in [7, 11) is 0. The van der Waals surface area contributed by atoms with Gasteiger partial charge >= 0.3 is 6.36 Å². The maximum atomic E-state index is 12.5. The molecule has 4 rings (SSSR count). The lowest BCUT2D eigenvalue weighted by molar-refractivity contribution is -0.274. The Morgan fingerprint density at radius 1 is 0.947 bits per heavy atom. The number of nitrogens with one attached hydrogen (secondary N) is 1. The quantitative estimate of drug-likeness (QED) is 0.159. The summed E-state index contributed by atoms with van der Waals surface area (Å²) in [5.74, 6) is -1.12. The molecule has 1 amide bonds. The summed E-state index contributed by atoms with van der Waals surface area (Å²) in [6, 6.07) is 19.1. The monoisotopic (exact) mass is 542 g/mol. The highest BCUT2D eigenvalue weighted by Gasteiger charge is 2.31. The fourth-order valence-corrected chi connectivity index (χ4v) is 3.66. The highest BCUT2D eigenvalue weighted by Crippen LogP contribution is 2.29. The van der Waals surface area contributed by atoms with Crippen molar-refractivity contribution >= 4 is 40.3 Å². The number of hydrazone groups is 1. The Hall–Kier alpha value is -4.57. The van der Waals surface area contributed by atoms with E-state index in [0.717, 1.165) is 17.5 Å². The fourth-order valence-electron chi connectivity index (χ4n) is 3.48. The first kappa shape index (κ1) is 26.5. The molecule has 0 heterocycles. The molecule has 0 saturated carbocycles. The molecule has 11 heteroatoms. The first-order valence-corrected chi connectivity index (χ1v) is 11.3. The Kier molecular flexibility index (Phi) is 7.82. The number of phenolic OH excluding ortho intramolecular Hbond substituents is 1. The van der Waals surface area contributed by atoms with Crippen LogP contribution in [0, 0.1) is 0 Å². The number of ether oxygens (including phenoxy) is 2. The molecule has 0 fully saturated rings. The van der Waals surface area contributed by atoms with Gasteiger partial charge in [0.2, 0.25) is 0 Å². The van der Waals surface area contributed by atoms with E-state index in [1.54, 1.807) is 30.3 Å². The van der Waals surface area contributed by atoms with Gasteiger partial charge in [0, 0.05) is 22.1 Å². The minimum atomic E-state index is -4.82. The third-order valence-electron chi connectivity index (χ3n) is 5.27. The number of ketones is 1. The predicted octanol–water partition coefficient (Wildman–Crippen LogP) is 6.12. The number of aromatic hydroxyl groups is 1. The van der Waals surface area contributed by atoms with Crippen LogP contribution in [0.1, 0.15) is 26.3 Å². The van der Waals surface area contributed by atoms with Gasteiger partial charge in [-0.25, -0.2) is 5.43 Å². The van der Waals surface area contributed by atoms with Gasteiger partial charge in [-0.2, -0.15) is 5.10 Å². The largest absolute Gasteiger partial charge is 0.573 e. The topological polar surface area (TPSA) is 97.2 Å². The predicted molar refractivity (Wildman–Crippen MR) is 135 cm³/mol. The van der Waals surface area contributed by atoms with Crippen LogP contribution < -0.4 is 14.9 Å². The molecule has 194 valence electrons. The number of carbonyl (C=O) groups is 2. The van der Waals surface area contributed by atoms with Crippen LogP contribution in [0.5, 0.6) is 17.2 Å². The molecule has 4 aromatic rings. The number of alkyl halides is 3. The summed E-state index contributed by atoms with van der Waals surface area (Å²) in [4.78, 5) is 24.8. The van der Waals surface area contributed by atoms with Crippen molar-refractivity contribution in [3.8, 4) is 17.2 Å². The van der Waals surface area contributed by atoms with Gasteiger partial charge in [0.05, 0.1) is 11.2 Å². The minimum absolute atomic E-state index is 0.0363. The Balaban J connectivity index is 1.44. The van der Waals surface area contributed by atoms with E-state index in [0.29, 0.717) is 16.7 Å². The zero-order chi connectivity index (χ0) is 27.3. The summed E-state index contributed by atoms with van der Waals surface area (Å²) in [5, 5.41) is 14.9. The van der Waals surface area contributed by atoms with E-state index in [1.807, 2.05) is 6.07 Å². The smallest absolute Gasteiger partial charge is 0.506 e. The number of phenols is 1. The number of hydrogen-bond donors (Lipinski definition) is 2. The van der Waals surface area contributed by atoms with Crippen LogP contribution in [0.15, 0.2) is 84.0 Å². The van der Waals surface area contributed by atoms with Crippen LogP contribution in [0.4, 0.5) is 13.2 Å². The normalized spacial score (nSPS) is 11.5. The Labute approximate surface area is 219 Å². The third-order valence-corrected chi connectivity index (χ3v) is 5.57. The second kappa shape index (κ2) is 11.2. The molecule has 0 aliphatic heterocycles. The second-order valence-corrected chi connectivity index (χ2v) is 8.26. The van der Waals surface area contributed by atoms with Crippen molar-refractivity contribution in [2.24, 2.45) is 5.10 Å². The summed E-state index contributed by atoms with van der Waals surface area (Å²) < 4.78 is 46.5. The molecule has 0 aliphatic rings. The first-order valence-electron chi connectivity index (χ1n) is 11.0. The van der Waals surface area contributed by atoms with Gasteiger partial charge in [0.1, 0.15) is 17.2 Å². The van der Waals surface area contributed by atoms with E-state index < -0.39 is 23.8 Å². The molecule has 7 nitrogen and oxygen atoms in total. The van der Waals surface area contributed by atoms with Crippen molar-refractivity contribution in [2.75, 3.05) is 6.61 Å². The Bertz CT molecular complexity index is 1520. The van der Waals surface area contributed by atoms with Gasteiger partial charge < -0.3 is 14.6 Å². The van der Waals surface area contributed by atoms with Crippen molar-refractivity contribution in [3.63, 3.8) is 0 Å². The maximum Gasteiger partial charge on any atom is 0.573 e. The van der Waals surface area contributed by atoms with Gasteiger partial charge in [-0.05, 0) is 60.0 Å². The van der Waals surface area contributed by atoms with Crippen molar-refractivity contribution in [1.82, 2.24) is 5.43 Å². The van der Waals surface area contributed by atoms with Crippen LogP contribution in [0.2, 0.25) is 5.02 Å². The molecular weight excluding hydrogens is 525 g/mol. The Morgan fingerprint density at radius 2 is 1.63 bits per heavy atom. The van der Waals surface area contributed by atoms with Crippen LogP contribution in [0.3, 0.4) is 0 Å². The number of halogens is 4. The van der Waals surface area contributed by atoms with Gasteiger partial charge in [0.15, 0.2) is 12.4 Å². The number of benzene rings is 4. The molecular formula is C27H18ClF3N2O5. The molecule has 2 N–H and O–H groups in total. The molecule has 4 aromatic carbocycles. The lowest BCUT2D eigenvalue weighted by Crippen LogP contribution is -2.17. The molecule has 38 heavy (non-hydrogen) atoms. The fraction of sp³-hybridized carbons (Fsp3) is 0.0741. The van der Waals surface area contributed by atoms with E-state index in [9.17, 15) is 27.9 Å². The van der Waals surface area contributed by atoms with Crippen LogP contribution in [0.25, 0.3) is 10.8 Å². The second-order valence-electron chi connectivity index (χ2n) is 7.85. The van der Waals surface area contributed by atoms with E-state index >= 15 is 0 Å². The number of fused-ring (bicyclic) bond motifs is 1. The summed E-state index contributed by atoms with van der Waals surface area (Å²) >= 11 is 5.83. The van der Waals surface area contributed by atoms with E-state index in [-0.39, 0.29) is 28.5 Å². The molecule has 0 aromatic heterocycles.